The predicted octanol–water partition coefficient (Wildman–Crippen LogP) is 2.62. The summed E-state index contributed by atoms with van der Waals surface area (Å²) < 4.78 is 0. The van der Waals surface area contributed by atoms with Crippen molar-refractivity contribution in [2.24, 2.45) is 5.92 Å². The first-order valence-corrected chi connectivity index (χ1v) is 6.65. The zero-order valence-corrected chi connectivity index (χ0v) is 11.5. The normalized spacial score (nSPS) is 19.7. The Hall–Kier alpha value is -1.51. The molecule has 1 saturated heterocycles. The van der Waals surface area contributed by atoms with Gasteiger partial charge in [-0.2, -0.15) is 0 Å². The summed E-state index contributed by atoms with van der Waals surface area (Å²) in [4.78, 5) is 16.6. The Labute approximate surface area is 109 Å². The minimum atomic E-state index is 0.172. The van der Waals surface area contributed by atoms with E-state index in [1.807, 2.05) is 48.2 Å². The number of hydrogen-bond donors (Lipinski definition) is 0. The molecule has 0 saturated carbocycles. The third-order valence-electron chi connectivity index (χ3n) is 3.56. The lowest BCUT2D eigenvalue weighted by Gasteiger charge is -2.32. The van der Waals surface area contributed by atoms with Gasteiger partial charge in [-0.1, -0.05) is 19.1 Å². The summed E-state index contributed by atoms with van der Waals surface area (Å²) >= 11 is 0. The molecule has 0 N–H and O–H groups in total. The monoisotopic (exact) mass is 246 g/mol. The van der Waals surface area contributed by atoms with Crippen LogP contribution in [0.15, 0.2) is 24.3 Å². The van der Waals surface area contributed by atoms with Crippen LogP contribution in [0.1, 0.15) is 30.1 Å². The van der Waals surface area contributed by atoms with Crippen molar-refractivity contribution in [3.63, 3.8) is 0 Å². The zero-order valence-electron chi connectivity index (χ0n) is 11.5. The van der Waals surface area contributed by atoms with Crippen LogP contribution in [0.4, 0.5) is 5.69 Å². The molecular weight excluding hydrogens is 224 g/mol. The van der Waals surface area contributed by atoms with Crippen LogP contribution in [0.25, 0.3) is 0 Å². The highest BCUT2D eigenvalue weighted by molar-refractivity contribution is 5.99. The van der Waals surface area contributed by atoms with Crippen LogP contribution in [0.2, 0.25) is 0 Å². The molecule has 1 aliphatic rings. The van der Waals surface area contributed by atoms with Gasteiger partial charge in [0.25, 0.3) is 5.91 Å². The average Bonchev–Trinajstić information content (AvgIpc) is 2.38. The molecule has 1 amide bonds. The summed E-state index contributed by atoms with van der Waals surface area (Å²) in [5.74, 6) is 0.792. The number of anilines is 1. The molecule has 3 nitrogen and oxygen atoms in total. The number of nitrogens with zero attached hydrogens (tertiary/aromatic N) is 2. The Balaban J connectivity index is 2.23. The van der Waals surface area contributed by atoms with E-state index >= 15 is 0 Å². The maximum atomic E-state index is 12.6. The van der Waals surface area contributed by atoms with Crippen molar-refractivity contribution in [2.45, 2.75) is 19.8 Å². The smallest absolute Gasteiger partial charge is 0.255 e. The number of carbonyl (C=O) groups is 1. The molecule has 1 aromatic rings. The van der Waals surface area contributed by atoms with Crippen LogP contribution in [0.3, 0.4) is 0 Å². The molecule has 18 heavy (non-hydrogen) atoms. The van der Waals surface area contributed by atoms with E-state index in [1.165, 1.54) is 6.42 Å². The van der Waals surface area contributed by atoms with Gasteiger partial charge >= 0.3 is 0 Å². The number of rotatable bonds is 2. The molecule has 0 aliphatic carbocycles. The maximum Gasteiger partial charge on any atom is 0.255 e. The lowest BCUT2D eigenvalue weighted by Crippen LogP contribution is -2.39. The van der Waals surface area contributed by atoms with E-state index in [-0.39, 0.29) is 5.91 Å². The van der Waals surface area contributed by atoms with Crippen molar-refractivity contribution in [1.82, 2.24) is 4.90 Å². The number of carbonyl (C=O) groups excluding carboxylic acids is 1. The number of amides is 1. The van der Waals surface area contributed by atoms with E-state index in [0.717, 1.165) is 30.8 Å². The first-order valence-electron chi connectivity index (χ1n) is 6.65. The summed E-state index contributed by atoms with van der Waals surface area (Å²) in [6.07, 6.45) is 2.36. The molecule has 1 atom stereocenters. The third kappa shape index (κ3) is 2.66. The van der Waals surface area contributed by atoms with Gasteiger partial charge in [0, 0.05) is 32.9 Å². The van der Waals surface area contributed by atoms with Gasteiger partial charge in [0.2, 0.25) is 0 Å². The third-order valence-corrected chi connectivity index (χ3v) is 3.56. The van der Waals surface area contributed by atoms with Gasteiger partial charge in [0.1, 0.15) is 0 Å². The minimum Gasteiger partial charge on any atom is -0.377 e. The largest absolute Gasteiger partial charge is 0.377 e. The Kier molecular flexibility index (Phi) is 3.90. The molecule has 1 aromatic carbocycles. The fraction of sp³-hybridized carbons (Fsp3) is 0.533. The second-order valence-corrected chi connectivity index (χ2v) is 5.41. The summed E-state index contributed by atoms with van der Waals surface area (Å²) in [6, 6.07) is 7.84. The Morgan fingerprint density at radius 3 is 2.72 bits per heavy atom. The van der Waals surface area contributed by atoms with Crippen LogP contribution in [0, 0.1) is 5.92 Å². The number of benzene rings is 1. The van der Waals surface area contributed by atoms with E-state index < -0.39 is 0 Å². The molecule has 2 rings (SSSR count). The maximum absolute atomic E-state index is 12.6. The van der Waals surface area contributed by atoms with E-state index in [4.69, 9.17) is 0 Å². The van der Waals surface area contributed by atoms with Gasteiger partial charge in [-0.05, 0) is 30.9 Å². The number of likely N-dealkylation sites (tertiary alicyclic amines) is 1. The van der Waals surface area contributed by atoms with E-state index in [9.17, 15) is 4.79 Å². The molecule has 1 fully saturated rings. The highest BCUT2D eigenvalue weighted by atomic mass is 16.2. The summed E-state index contributed by atoms with van der Waals surface area (Å²) in [6.45, 7) is 4.00. The highest BCUT2D eigenvalue weighted by Crippen LogP contribution is 2.23. The number of hydrogen-bond acceptors (Lipinski definition) is 2. The van der Waals surface area contributed by atoms with Gasteiger partial charge < -0.3 is 9.80 Å². The fourth-order valence-electron chi connectivity index (χ4n) is 2.59. The summed E-state index contributed by atoms with van der Waals surface area (Å²) in [7, 11) is 3.95. The molecule has 0 bridgehead atoms. The number of para-hydroxylation sites is 1. The van der Waals surface area contributed by atoms with E-state index in [0.29, 0.717) is 5.92 Å². The Bertz CT molecular complexity index is 428. The van der Waals surface area contributed by atoms with E-state index in [2.05, 4.69) is 6.92 Å². The van der Waals surface area contributed by atoms with Gasteiger partial charge in [-0.3, -0.25) is 4.79 Å². The quantitative estimate of drug-likeness (QED) is 0.801. The molecule has 0 aromatic heterocycles. The molecule has 98 valence electrons. The second kappa shape index (κ2) is 5.42. The molecule has 0 radical (unpaired) electrons. The Morgan fingerprint density at radius 2 is 2.06 bits per heavy atom. The standard InChI is InChI=1S/C15H22N2O/c1-12-7-6-10-17(11-12)15(18)13-8-4-5-9-14(13)16(2)3/h4-5,8-9,12H,6-7,10-11H2,1-3H3. The minimum absolute atomic E-state index is 0.172. The molecule has 3 heteroatoms. The molecule has 1 heterocycles. The van der Waals surface area contributed by atoms with Crippen molar-refractivity contribution in [3.8, 4) is 0 Å². The zero-order chi connectivity index (χ0) is 13.1. The topological polar surface area (TPSA) is 23.6 Å². The first-order chi connectivity index (χ1) is 8.59. The lowest BCUT2D eigenvalue weighted by molar-refractivity contribution is 0.0683. The van der Waals surface area contributed by atoms with Gasteiger partial charge in [0.05, 0.1) is 5.56 Å². The van der Waals surface area contributed by atoms with Crippen LogP contribution in [-0.2, 0) is 0 Å². The van der Waals surface area contributed by atoms with Crippen LogP contribution >= 0.6 is 0 Å². The Morgan fingerprint density at radius 1 is 1.33 bits per heavy atom. The van der Waals surface area contributed by atoms with Crippen molar-refractivity contribution in [3.05, 3.63) is 29.8 Å². The van der Waals surface area contributed by atoms with Crippen LogP contribution in [0.5, 0.6) is 0 Å². The van der Waals surface area contributed by atoms with E-state index in [1.54, 1.807) is 0 Å². The lowest BCUT2D eigenvalue weighted by atomic mass is 9.99. The van der Waals surface area contributed by atoms with Gasteiger partial charge in [-0.15, -0.1) is 0 Å². The van der Waals surface area contributed by atoms with Crippen LogP contribution < -0.4 is 4.90 Å². The molecule has 0 spiro atoms. The SMILES string of the molecule is CC1CCCN(C(=O)c2ccccc2N(C)C)C1. The van der Waals surface area contributed by atoms with Gasteiger partial charge in [-0.25, -0.2) is 0 Å². The average molecular weight is 246 g/mol. The van der Waals surface area contributed by atoms with Gasteiger partial charge in [0.15, 0.2) is 0 Å². The van der Waals surface area contributed by atoms with Crippen molar-refractivity contribution in [1.29, 1.82) is 0 Å². The number of piperidine rings is 1. The fourth-order valence-corrected chi connectivity index (χ4v) is 2.59. The molecule has 1 unspecified atom stereocenters. The summed E-state index contributed by atoms with van der Waals surface area (Å²) in [5.41, 5.74) is 1.82. The molecular formula is C15H22N2O. The first kappa shape index (κ1) is 12.9. The van der Waals surface area contributed by atoms with Crippen molar-refractivity contribution < 1.29 is 4.79 Å². The van der Waals surface area contributed by atoms with Crippen molar-refractivity contribution in [2.75, 3.05) is 32.1 Å². The second-order valence-electron chi connectivity index (χ2n) is 5.41. The predicted molar refractivity (Wildman–Crippen MR) is 75.1 cm³/mol. The summed E-state index contributed by atoms with van der Waals surface area (Å²) in [5, 5.41) is 0. The van der Waals surface area contributed by atoms with Crippen molar-refractivity contribution >= 4 is 11.6 Å². The molecule has 1 aliphatic heterocycles. The highest BCUT2D eigenvalue weighted by Gasteiger charge is 2.23. The van der Waals surface area contributed by atoms with Crippen LogP contribution in [-0.4, -0.2) is 38.0 Å².